The van der Waals surface area contributed by atoms with Crippen LogP contribution >= 0.6 is 0 Å². The van der Waals surface area contributed by atoms with Gasteiger partial charge < -0.3 is 13.9 Å². The molecule has 0 N–H and O–H groups in total. The molecule has 1 aliphatic heterocycles. The lowest BCUT2D eigenvalue weighted by atomic mass is 10.0. The largest absolute Gasteiger partial charge is 0.458 e. The molecule has 160 valence electrons. The molecule has 6 nitrogen and oxygen atoms in total. The van der Waals surface area contributed by atoms with E-state index in [0.29, 0.717) is 26.0 Å². The molecular formula is C21H37NO5Si. The predicted octanol–water partition coefficient (Wildman–Crippen LogP) is 4.67. The third-order valence-electron chi connectivity index (χ3n) is 5.41. The molecule has 0 unspecified atom stereocenters. The Morgan fingerprint density at radius 1 is 1.36 bits per heavy atom. The standard InChI is InChI=1S/C21H37NO5Si/c1-9-18(26-16(3)23)15-19(27-28(7,8)21(4,5)6)14-17-12-11-13-22(17)20(24)25-10-2/h9,11-12,17-19H,1,10,13-15H2,2-8H3/t17-,18+,19-/m0/s1. The average Bonchev–Trinajstić information content (AvgIpc) is 3.00. The van der Waals surface area contributed by atoms with Crippen molar-refractivity contribution >= 4 is 20.4 Å². The minimum absolute atomic E-state index is 0.0443. The summed E-state index contributed by atoms with van der Waals surface area (Å²) < 4.78 is 17.2. The summed E-state index contributed by atoms with van der Waals surface area (Å²) >= 11 is 0. The number of rotatable bonds is 9. The topological polar surface area (TPSA) is 65.1 Å². The van der Waals surface area contributed by atoms with Crippen molar-refractivity contribution < 1.29 is 23.5 Å². The van der Waals surface area contributed by atoms with Crippen LogP contribution in [0.2, 0.25) is 18.1 Å². The third kappa shape index (κ3) is 7.09. The Morgan fingerprint density at radius 2 is 2.00 bits per heavy atom. The van der Waals surface area contributed by atoms with E-state index in [2.05, 4.69) is 40.4 Å². The van der Waals surface area contributed by atoms with Gasteiger partial charge in [0.25, 0.3) is 0 Å². The van der Waals surface area contributed by atoms with Crippen molar-refractivity contribution in [2.45, 2.75) is 83.8 Å². The van der Waals surface area contributed by atoms with E-state index < -0.39 is 14.4 Å². The van der Waals surface area contributed by atoms with Gasteiger partial charge in [0.15, 0.2) is 8.32 Å². The molecule has 0 saturated carbocycles. The second-order valence-corrected chi connectivity index (χ2v) is 13.5. The van der Waals surface area contributed by atoms with E-state index in [4.69, 9.17) is 13.9 Å². The summed E-state index contributed by atoms with van der Waals surface area (Å²) in [4.78, 5) is 25.4. The van der Waals surface area contributed by atoms with Crippen LogP contribution in [0.15, 0.2) is 24.8 Å². The molecule has 0 aromatic heterocycles. The zero-order chi connectivity index (χ0) is 21.5. The van der Waals surface area contributed by atoms with Crippen molar-refractivity contribution in [3.8, 4) is 0 Å². The normalized spacial score (nSPS) is 19.2. The highest BCUT2D eigenvalue weighted by Crippen LogP contribution is 2.38. The molecule has 0 spiro atoms. The maximum absolute atomic E-state index is 12.3. The highest BCUT2D eigenvalue weighted by Gasteiger charge is 2.40. The van der Waals surface area contributed by atoms with Gasteiger partial charge in [-0.25, -0.2) is 4.79 Å². The van der Waals surface area contributed by atoms with Crippen molar-refractivity contribution in [3.63, 3.8) is 0 Å². The highest BCUT2D eigenvalue weighted by atomic mass is 28.4. The maximum atomic E-state index is 12.3. The second-order valence-electron chi connectivity index (χ2n) is 8.70. The fourth-order valence-electron chi connectivity index (χ4n) is 2.91. The van der Waals surface area contributed by atoms with E-state index in [9.17, 15) is 9.59 Å². The fourth-order valence-corrected chi connectivity index (χ4v) is 4.29. The van der Waals surface area contributed by atoms with Crippen LogP contribution in [0.25, 0.3) is 0 Å². The molecule has 0 aromatic carbocycles. The monoisotopic (exact) mass is 411 g/mol. The van der Waals surface area contributed by atoms with Gasteiger partial charge in [-0.1, -0.05) is 45.6 Å². The summed E-state index contributed by atoms with van der Waals surface area (Å²) in [5, 5.41) is 0.0443. The predicted molar refractivity (Wildman–Crippen MR) is 114 cm³/mol. The highest BCUT2D eigenvalue weighted by molar-refractivity contribution is 6.74. The smallest absolute Gasteiger partial charge is 0.410 e. The van der Waals surface area contributed by atoms with Gasteiger partial charge in [-0.05, 0) is 31.5 Å². The van der Waals surface area contributed by atoms with E-state index in [0.717, 1.165) is 0 Å². The second kappa shape index (κ2) is 10.3. The lowest BCUT2D eigenvalue weighted by molar-refractivity contribution is -0.145. The minimum Gasteiger partial charge on any atom is -0.458 e. The van der Waals surface area contributed by atoms with Crippen LogP contribution in [0, 0.1) is 0 Å². The van der Waals surface area contributed by atoms with Gasteiger partial charge in [0.05, 0.1) is 18.8 Å². The lowest BCUT2D eigenvalue weighted by Gasteiger charge is -2.41. The van der Waals surface area contributed by atoms with Crippen LogP contribution in [0.5, 0.6) is 0 Å². The Balaban J connectivity index is 2.99. The van der Waals surface area contributed by atoms with Gasteiger partial charge in [0.2, 0.25) is 0 Å². The lowest BCUT2D eigenvalue weighted by Crippen LogP contribution is -2.47. The zero-order valence-electron chi connectivity index (χ0n) is 18.5. The van der Waals surface area contributed by atoms with Crippen LogP contribution < -0.4 is 0 Å². The van der Waals surface area contributed by atoms with Gasteiger partial charge in [0.1, 0.15) is 6.10 Å². The van der Waals surface area contributed by atoms with E-state index >= 15 is 0 Å². The van der Waals surface area contributed by atoms with E-state index in [1.54, 1.807) is 17.9 Å². The first-order valence-electron chi connectivity index (χ1n) is 9.99. The first kappa shape index (κ1) is 24.4. The van der Waals surface area contributed by atoms with Crippen molar-refractivity contribution in [2.24, 2.45) is 0 Å². The van der Waals surface area contributed by atoms with Gasteiger partial charge in [-0.2, -0.15) is 0 Å². The van der Waals surface area contributed by atoms with Crippen LogP contribution in [-0.4, -0.2) is 56.7 Å². The zero-order valence-corrected chi connectivity index (χ0v) is 19.5. The summed E-state index contributed by atoms with van der Waals surface area (Å²) in [5.41, 5.74) is 0. The molecule has 1 rings (SSSR count). The number of esters is 1. The SMILES string of the molecule is C=C[C@H](C[C@H](C[C@@H]1C=CCN1C(=O)OCC)O[Si](C)(C)C(C)(C)C)OC(C)=O. The van der Waals surface area contributed by atoms with Gasteiger partial charge in [0, 0.05) is 19.9 Å². The summed E-state index contributed by atoms with van der Waals surface area (Å²) in [6, 6.07) is -0.100. The number of carbonyl (C=O) groups is 2. The Kier molecular flexibility index (Phi) is 8.95. The summed E-state index contributed by atoms with van der Waals surface area (Å²) in [6.45, 7) is 18.8. The first-order valence-corrected chi connectivity index (χ1v) is 12.9. The van der Waals surface area contributed by atoms with Crippen LogP contribution in [0.3, 0.4) is 0 Å². The van der Waals surface area contributed by atoms with Crippen molar-refractivity contribution in [2.75, 3.05) is 13.2 Å². The Hall–Kier alpha value is -1.60. The summed E-state index contributed by atoms with van der Waals surface area (Å²) in [5.74, 6) is -0.343. The quantitative estimate of drug-likeness (QED) is 0.313. The van der Waals surface area contributed by atoms with Gasteiger partial charge >= 0.3 is 12.1 Å². The Morgan fingerprint density at radius 3 is 2.50 bits per heavy atom. The summed E-state index contributed by atoms with van der Waals surface area (Å²) in [6.07, 6.45) is 5.85. The van der Waals surface area contributed by atoms with Crippen molar-refractivity contribution in [1.82, 2.24) is 4.90 Å². The van der Waals surface area contributed by atoms with Crippen LogP contribution in [0.1, 0.15) is 47.5 Å². The number of amides is 1. The molecule has 0 fully saturated rings. The van der Waals surface area contributed by atoms with Crippen molar-refractivity contribution in [1.29, 1.82) is 0 Å². The molecule has 0 bridgehead atoms. The number of nitrogens with zero attached hydrogens (tertiary/aromatic N) is 1. The molecule has 0 aromatic rings. The number of ether oxygens (including phenoxy) is 2. The molecule has 0 radical (unpaired) electrons. The molecule has 7 heteroatoms. The fraction of sp³-hybridized carbons (Fsp3) is 0.714. The van der Waals surface area contributed by atoms with E-state index in [-0.39, 0.29) is 29.2 Å². The number of hydrogen-bond donors (Lipinski definition) is 0. The number of hydrogen-bond acceptors (Lipinski definition) is 5. The van der Waals surface area contributed by atoms with Crippen LogP contribution in [-0.2, 0) is 18.7 Å². The molecule has 0 aliphatic carbocycles. The van der Waals surface area contributed by atoms with Gasteiger partial charge in [-0.3, -0.25) is 9.69 Å². The Bertz CT molecular complexity index is 582. The van der Waals surface area contributed by atoms with Crippen molar-refractivity contribution in [3.05, 3.63) is 24.8 Å². The Labute approximate surface area is 171 Å². The van der Waals surface area contributed by atoms with Gasteiger partial charge in [-0.15, -0.1) is 0 Å². The first-order chi connectivity index (χ1) is 12.9. The molecule has 0 saturated heterocycles. The van der Waals surface area contributed by atoms with Crippen LogP contribution in [0.4, 0.5) is 4.79 Å². The van der Waals surface area contributed by atoms with E-state index in [1.165, 1.54) is 6.92 Å². The van der Waals surface area contributed by atoms with E-state index in [1.807, 2.05) is 12.2 Å². The molecule has 1 heterocycles. The molecule has 3 atom stereocenters. The third-order valence-corrected chi connectivity index (χ3v) is 9.95. The maximum Gasteiger partial charge on any atom is 0.410 e. The minimum atomic E-state index is -2.06. The molecular weight excluding hydrogens is 374 g/mol. The number of carbonyl (C=O) groups excluding carboxylic acids is 2. The average molecular weight is 412 g/mol. The molecule has 1 aliphatic rings. The molecule has 1 amide bonds. The molecule has 28 heavy (non-hydrogen) atoms. The summed E-state index contributed by atoms with van der Waals surface area (Å²) in [7, 11) is -2.06.